The molecule has 5 heteroatoms. The molecule has 0 aromatic carbocycles. The van der Waals surface area contributed by atoms with Gasteiger partial charge in [-0.1, -0.05) is 19.3 Å². The molecule has 2 N–H and O–H groups in total. The van der Waals surface area contributed by atoms with Gasteiger partial charge in [0.05, 0.1) is 6.54 Å². The third-order valence-corrected chi connectivity index (χ3v) is 3.81. The molecule has 110 valence electrons. The second kappa shape index (κ2) is 7.48. The predicted molar refractivity (Wildman–Crippen MR) is 75.5 cm³/mol. The molecule has 1 atom stereocenters. The zero-order chi connectivity index (χ0) is 14.4. The van der Waals surface area contributed by atoms with Gasteiger partial charge in [0.25, 0.3) is 0 Å². The molecule has 0 heterocycles. The van der Waals surface area contributed by atoms with E-state index >= 15 is 0 Å². The first-order valence-corrected chi connectivity index (χ1v) is 7.17. The summed E-state index contributed by atoms with van der Waals surface area (Å²) >= 11 is 0. The van der Waals surface area contributed by atoms with Crippen LogP contribution in [0.15, 0.2) is 0 Å². The zero-order valence-corrected chi connectivity index (χ0v) is 12.4. The average Bonchev–Trinajstić information content (AvgIpc) is 2.37. The number of likely N-dealkylation sites (N-methyl/N-ethyl adjacent to an activating group) is 2. The summed E-state index contributed by atoms with van der Waals surface area (Å²) in [6.45, 7) is 1.94. The Balaban J connectivity index is 2.42. The van der Waals surface area contributed by atoms with Gasteiger partial charge in [0, 0.05) is 32.6 Å². The Bertz CT molecular complexity index is 312. The molecule has 0 aromatic rings. The third kappa shape index (κ3) is 5.19. The lowest BCUT2D eigenvalue weighted by atomic mass is 9.94. The first-order chi connectivity index (χ1) is 8.91. The number of hydrogen-bond acceptors (Lipinski definition) is 3. The minimum absolute atomic E-state index is 0.0208. The summed E-state index contributed by atoms with van der Waals surface area (Å²) in [6.07, 6.45) is 6.12. The molecule has 2 amide bonds. The van der Waals surface area contributed by atoms with E-state index in [0.29, 0.717) is 6.04 Å². The van der Waals surface area contributed by atoms with Gasteiger partial charge in [-0.15, -0.1) is 0 Å². The summed E-state index contributed by atoms with van der Waals surface area (Å²) in [4.78, 5) is 27.2. The van der Waals surface area contributed by atoms with Crippen LogP contribution in [0.25, 0.3) is 0 Å². The van der Waals surface area contributed by atoms with Crippen LogP contribution in [0.5, 0.6) is 0 Å². The number of amides is 2. The number of carbonyl (C=O) groups is 2. The quantitative estimate of drug-likeness (QED) is 0.809. The van der Waals surface area contributed by atoms with E-state index < -0.39 is 0 Å². The van der Waals surface area contributed by atoms with Crippen molar-refractivity contribution in [3.63, 3.8) is 0 Å². The molecule has 0 bridgehead atoms. The van der Waals surface area contributed by atoms with E-state index in [1.165, 1.54) is 24.2 Å². The Morgan fingerprint density at radius 1 is 1.16 bits per heavy atom. The van der Waals surface area contributed by atoms with E-state index in [1.54, 1.807) is 14.0 Å². The first-order valence-electron chi connectivity index (χ1n) is 7.17. The summed E-state index contributed by atoms with van der Waals surface area (Å²) in [5.74, 6) is -0.0483. The van der Waals surface area contributed by atoms with Crippen LogP contribution >= 0.6 is 0 Å². The monoisotopic (exact) mass is 269 g/mol. The van der Waals surface area contributed by atoms with Crippen molar-refractivity contribution in [2.75, 3.05) is 20.6 Å². The van der Waals surface area contributed by atoms with E-state index in [1.807, 2.05) is 11.9 Å². The Hall–Kier alpha value is -1.10. The molecule has 19 heavy (non-hydrogen) atoms. The average molecular weight is 269 g/mol. The molecular weight excluding hydrogens is 242 g/mol. The second-order valence-corrected chi connectivity index (χ2v) is 5.73. The molecule has 1 aliphatic carbocycles. The Morgan fingerprint density at radius 3 is 2.26 bits per heavy atom. The van der Waals surface area contributed by atoms with Crippen molar-refractivity contribution in [1.82, 2.24) is 9.80 Å². The number of rotatable bonds is 5. The van der Waals surface area contributed by atoms with Crippen LogP contribution in [0.1, 0.15) is 45.4 Å². The van der Waals surface area contributed by atoms with Gasteiger partial charge < -0.3 is 15.5 Å². The lowest BCUT2D eigenvalue weighted by molar-refractivity contribution is -0.140. The third-order valence-electron chi connectivity index (χ3n) is 3.81. The van der Waals surface area contributed by atoms with Crippen molar-refractivity contribution in [3.05, 3.63) is 0 Å². The van der Waals surface area contributed by atoms with Crippen LogP contribution in [0.4, 0.5) is 0 Å². The summed E-state index contributed by atoms with van der Waals surface area (Å²) < 4.78 is 0. The summed E-state index contributed by atoms with van der Waals surface area (Å²) in [5, 5.41) is 0. The molecule has 5 nitrogen and oxygen atoms in total. The van der Waals surface area contributed by atoms with Crippen LogP contribution in [-0.4, -0.2) is 54.3 Å². The summed E-state index contributed by atoms with van der Waals surface area (Å²) in [7, 11) is 3.51. The van der Waals surface area contributed by atoms with Crippen LogP contribution < -0.4 is 5.73 Å². The summed E-state index contributed by atoms with van der Waals surface area (Å²) in [5.41, 5.74) is 5.60. The van der Waals surface area contributed by atoms with Gasteiger partial charge in [0.1, 0.15) is 0 Å². The maximum atomic E-state index is 12.1. The highest BCUT2D eigenvalue weighted by molar-refractivity contribution is 5.84. The fraction of sp³-hybridized carbons (Fsp3) is 0.857. The van der Waals surface area contributed by atoms with Gasteiger partial charge in [0.2, 0.25) is 11.8 Å². The fourth-order valence-electron chi connectivity index (χ4n) is 2.51. The first kappa shape index (κ1) is 16.0. The highest BCUT2D eigenvalue weighted by atomic mass is 16.2. The Kier molecular flexibility index (Phi) is 6.28. The van der Waals surface area contributed by atoms with Gasteiger partial charge in [-0.3, -0.25) is 9.59 Å². The molecule has 0 spiro atoms. The maximum absolute atomic E-state index is 12.1. The number of nitrogens with two attached hydrogens (primary N) is 1. The topological polar surface area (TPSA) is 66.6 Å². The Labute approximate surface area is 116 Å². The highest BCUT2D eigenvalue weighted by Crippen LogP contribution is 2.21. The lowest BCUT2D eigenvalue weighted by Gasteiger charge is -2.32. The number of carbonyl (C=O) groups excluding carboxylic acids is 2. The smallest absolute Gasteiger partial charge is 0.242 e. The fourth-order valence-corrected chi connectivity index (χ4v) is 2.51. The molecule has 1 rings (SSSR count). The molecule has 1 unspecified atom stereocenters. The second-order valence-electron chi connectivity index (χ2n) is 5.73. The largest absolute Gasteiger partial charge is 0.341 e. The van der Waals surface area contributed by atoms with Crippen molar-refractivity contribution in [1.29, 1.82) is 0 Å². The van der Waals surface area contributed by atoms with Crippen molar-refractivity contribution >= 4 is 11.8 Å². The molecular formula is C14H27N3O2. The van der Waals surface area contributed by atoms with Gasteiger partial charge >= 0.3 is 0 Å². The normalized spacial score (nSPS) is 17.9. The summed E-state index contributed by atoms with van der Waals surface area (Å²) in [6, 6.07) is 0.180. The zero-order valence-electron chi connectivity index (χ0n) is 12.4. The molecule has 1 fully saturated rings. The van der Waals surface area contributed by atoms with E-state index in [-0.39, 0.29) is 30.8 Å². The van der Waals surface area contributed by atoms with Crippen molar-refractivity contribution in [2.45, 2.75) is 57.5 Å². The van der Waals surface area contributed by atoms with Crippen LogP contribution in [0, 0.1) is 0 Å². The van der Waals surface area contributed by atoms with Gasteiger partial charge in [-0.05, 0) is 19.8 Å². The SMILES string of the molecule is CC(N)CC(=O)N(C)CC(=O)N(C)C1CCCCC1. The van der Waals surface area contributed by atoms with E-state index in [0.717, 1.165) is 12.8 Å². The number of hydrogen-bond donors (Lipinski definition) is 1. The van der Waals surface area contributed by atoms with Crippen molar-refractivity contribution in [2.24, 2.45) is 5.73 Å². The van der Waals surface area contributed by atoms with Gasteiger partial charge in [-0.2, -0.15) is 0 Å². The minimum atomic E-state index is -0.166. The Morgan fingerprint density at radius 2 is 1.74 bits per heavy atom. The van der Waals surface area contributed by atoms with Gasteiger partial charge in [0.15, 0.2) is 0 Å². The standard InChI is InChI=1S/C14H27N3O2/c1-11(15)9-13(18)16(2)10-14(19)17(3)12-7-5-4-6-8-12/h11-12H,4-10,15H2,1-3H3. The lowest BCUT2D eigenvalue weighted by Crippen LogP contribution is -2.45. The molecule has 0 aliphatic heterocycles. The molecule has 0 aromatic heterocycles. The minimum Gasteiger partial charge on any atom is -0.341 e. The molecule has 0 radical (unpaired) electrons. The predicted octanol–water partition coefficient (Wildman–Crippen LogP) is 0.973. The van der Waals surface area contributed by atoms with Crippen molar-refractivity contribution in [3.8, 4) is 0 Å². The van der Waals surface area contributed by atoms with E-state index in [9.17, 15) is 9.59 Å². The number of nitrogens with zero attached hydrogens (tertiary/aromatic N) is 2. The highest BCUT2D eigenvalue weighted by Gasteiger charge is 2.23. The molecule has 1 aliphatic rings. The van der Waals surface area contributed by atoms with Crippen LogP contribution in [0.3, 0.4) is 0 Å². The molecule has 1 saturated carbocycles. The van der Waals surface area contributed by atoms with Crippen molar-refractivity contribution < 1.29 is 9.59 Å². The van der Waals surface area contributed by atoms with Gasteiger partial charge in [-0.25, -0.2) is 0 Å². The molecule has 0 saturated heterocycles. The van der Waals surface area contributed by atoms with E-state index in [2.05, 4.69) is 0 Å². The maximum Gasteiger partial charge on any atom is 0.242 e. The van der Waals surface area contributed by atoms with E-state index in [4.69, 9.17) is 5.73 Å². The van der Waals surface area contributed by atoms with Crippen LogP contribution in [0.2, 0.25) is 0 Å². The van der Waals surface area contributed by atoms with Crippen LogP contribution in [-0.2, 0) is 9.59 Å².